The average Bonchev–Trinajstić information content (AvgIpc) is 2.59. The fourth-order valence-corrected chi connectivity index (χ4v) is 2.64. The van der Waals surface area contributed by atoms with Crippen LogP contribution in [0.3, 0.4) is 0 Å². The Morgan fingerprint density at radius 3 is 2.15 bits per heavy atom. The van der Waals surface area contributed by atoms with Crippen molar-refractivity contribution in [2.45, 2.75) is 40.0 Å². The van der Waals surface area contributed by atoms with E-state index in [2.05, 4.69) is 31.4 Å². The highest BCUT2D eigenvalue weighted by Gasteiger charge is 2.19. The number of rotatable bonds is 5. The third kappa shape index (κ3) is 5.19. The SMILES string of the molecule is CC(C)CNC(=O)c1cccc(C(=O)Nc2ccccc2C(C)(C)C)c1. The molecule has 0 aliphatic rings. The van der Waals surface area contributed by atoms with Gasteiger partial charge in [0, 0.05) is 23.4 Å². The maximum atomic E-state index is 12.7. The fraction of sp³-hybridized carbons (Fsp3) is 0.364. The summed E-state index contributed by atoms with van der Waals surface area (Å²) in [5, 5.41) is 5.85. The van der Waals surface area contributed by atoms with Crippen molar-refractivity contribution >= 4 is 17.5 Å². The summed E-state index contributed by atoms with van der Waals surface area (Å²) in [6.45, 7) is 11.0. The van der Waals surface area contributed by atoms with Gasteiger partial charge in [-0.2, -0.15) is 0 Å². The zero-order valence-corrected chi connectivity index (χ0v) is 16.2. The third-order valence-electron chi connectivity index (χ3n) is 4.04. The lowest BCUT2D eigenvalue weighted by Crippen LogP contribution is -2.27. The monoisotopic (exact) mass is 352 g/mol. The number of carbonyl (C=O) groups excluding carboxylic acids is 2. The molecule has 2 amide bonds. The van der Waals surface area contributed by atoms with Crippen molar-refractivity contribution in [2.75, 3.05) is 11.9 Å². The molecule has 2 rings (SSSR count). The Bertz CT molecular complexity index is 789. The summed E-state index contributed by atoms with van der Waals surface area (Å²) in [5.41, 5.74) is 2.73. The first kappa shape index (κ1) is 19.7. The number of amides is 2. The molecule has 0 saturated heterocycles. The number of carbonyl (C=O) groups is 2. The first-order valence-corrected chi connectivity index (χ1v) is 8.97. The van der Waals surface area contributed by atoms with Crippen LogP contribution in [0.4, 0.5) is 5.69 Å². The van der Waals surface area contributed by atoms with Gasteiger partial charge < -0.3 is 10.6 Å². The molecule has 0 radical (unpaired) electrons. The van der Waals surface area contributed by atoms with E-state index in [1.54, 1.807) is 24.3 Å². The molecule has 2 aromatic rings. The van der Waals surface area contributed by atoms with Crippen LogP contribution >= 0.6 is 0 Å². The fourth-order valence-electron chi connectivity index (χ4n) is 2.64. The first-order chi connectivity index (χ1) is 12.2. The Hall–Kier alpha value is -2.62. The number of hydrogen-bond donors (Lipinski definition) is 2. The summed E-state index contributed by atoms with van der Waals surface area (Å²) in [4.78, 5) is 24.9. The Labute approximate surface area is 156 Å². The highest BCUT2D eigenvalue weighted by molar-refractivity contribution is 6.06. The van der Waals surface area contributed by atoms with Crippen LogP contribution in [0.25, 0.3) is 0 Å². The molecule has 4 nitrogen and oxygen atoms in total. The summed E-state index contributed by atoms with van der Waals surface area (Å²) in [5.74, 6) is -0.0111. The lowest BCUT2D eigenvalue weighted by atomic mass is 9.86. The molecule has 2 N–H and O–H groups in total. The predicted octanol–water partition coefficient (Wildman–Crippen LogP) is 4.62. The van der Waals surface area contributed by atoms with Gasteiger partial charge in [0.2, 0.25) is 0 Å². The normalized spacial score (nSPS) is 11.3. The molecule has 0 spiro atoms. The van der Waals surface area contributed by atoms with Gasteiger partial charge in [-0.3, -0.25) is 9.59 Å². The van der Waals surface area contributed by atoms with Crippen molar-refractivity contribution in [3.05, 3.63) is 65.2 Å². The standard InChI is InChI=1S/C22H28N2O2/c1-15(2)14-23-20(25)16-9-8-10-17(13-16)21(26)24-19-12-7-6-11-18(19)22(3,4)5/h6-13,15H,14H2,1-5H3,(H,23,25)(H,24,26). The molecule has 0 bridgehead atoms. The van der Waals surface area contributed by atoms with Crippen LogP contribution in [0.15, 0.2) is 48.5 Å². The first-order valence-electron chi connectivity index (χ1n) is 8.97. The highest BCUT2D eigenvalue weighted by atomic mass is 16.2. The molecule has 0 atom stereocenters. The Morgan fingerprint density at radius 2 is 1.54 bits per heavy atom. The van der Waals surface area contributed by atoms with E-state index >= 15 is 0 Å². The lowest BCUT2D eigenvalue weighted by Gasteiger charge is -2.23. The number of benzene rings is 2. The van der Waals surface area contributed by atoms with Crippen LogP contribution in [0, 0.1) is 5.92 Å². The molecule has 0 fully saturated rings. The van der Waals surface area contributed by atoms with Crippen LogP contribution in [-0.4, -0.2) is 18.4 Å². The molecule has 0 heterocycles. The molecule has 0 saturated carbocycles. The topological polar surface area (TPSA) is 58.2 Å². The van der Waals surface area contributed by atoms with Crippen LogP contribution in [0.2, 0.25) is 0 Å². The summed E-state index contributed by atoms with van der Waals surface area (Å²) < 4.78 is 0. The van der Waals surface area contributed by atoms with E-state index in [0.717, 1.165) is 11.3 Å². The zero-order chi connectivity index (χ0) is 19.3. The van der Waals surface area contributed by atoms with Crippen molar-refractivity contribution in [1.82, 2.24) is 5.32 Å². The summed E-state index contributed by atoms with van der Waals surface area (Å²) in [6.07, 6.45) is 0. The highest BCUT2D eigenvalue weighted by Crippen LogP contribution is 2.29. The van der Waals surface area contributed by atoms with Crippen molar-refractivity contribution in [1.29, 1.82) is 0 Å². The molecule has 0 unspecified atom stereocenters. The van der Waals surface area contributed by atoms with E-state index in [1.165, 1.54) is 0 Å². The molecule has 0 aromatic heterocycles. The van der Waals surface area contributed by atoms with Gasteiger partial charge in [-0.15, -0.1) is 0 Å². The van der Waals surface area contributed by atoms with Crippen molar-refractivity contribution in [3.8, 4) is 0 Å². The number of hydrogen-bond acceptors (Lipinski definition) is 2. The van der Waals surface area contributed by atoms with E-state index in [9.17, 15) is 9.59 Å². The minimum Gasteiger partial charge on any atom is -0.352 e. The number of nitrogens with one attached hydrogen (secondary N) is 2. The number of anilines is 1. The molecule has 4 heteroatoms. The minimum absolute atomic E-state index is 0.0809. The molecule has 0 aliphatic heterocycles. The molecular weight excluding hydrogens is 324 g/mol. The number of para-hydroxylation sites is 1. The summed E-state index contributed by atoms with van der Waals surface area (Å²) in [6, 6.07) is 14.6. The van der Waals surface area contributed by atoms with Gasteiger partial charge in [0.15, 0.2) is 0 Å². The smallest absolute Gasteiger partial charge is 0.255 e. The zero-order valence-electron chi connectivity index (χ0n) is 16.2. The van der Waals surface area contributed by atoms with Gasteiger partial charge in [0.05, 0.1) is 0 Å². The lowest BCUT2D eigenvalue weighted by molar-refractivity contribution is 0.0949. The maximum absolute atomic E-state index is 12.7. The summed E-state index contributed by atoms with van der Waals surface area (Å²) in [7, 11) is 0. The van der Waals surface area contributed by atoms with E-state index in [-0.39, 0.29) is 17.2 Å². The van der Waals surface area contributed by atoms with E-state index in [0.29, 0.717) is 23.6 Å². The van der Waals surface area contributed by atoms with Crippen LogP contribution < -0.4 is 10.6 Å². The Morgan fingerprint density at radius 1 is 0.923 bits per heavy atom. The van der Waals surface area contributed by atoms with Crippen molar-refractivity contribution in [2.24, 2.45) is 5.92 Å². The quantitative estimate of drug-likeness (QED) is 0.825. The second kappa shape index (κ2) is 8.17. The van der Waals surface area contributed by atoms with Gasteiger partial charge in [0.25, 0.3) is 11.8 Å². The van der Waals surface area contributed by atoms with Crippen LogP contribution in [0.5, 0.6) is 0 Å². The molecule has 138 valence electrons. The predicted molar refractivity (Wildman–Crippen MR) is 107 cm³/mol. The maximum Gasteiger partial charge on any atom is 0.255 e. The van der Waals surface area contributed by atoms with Gasteiger partial charge >= 0.3 is 0 Å². The molecule has 0 aliphatic carbocycles. The molecule has 2 aromatic carbocycles. The minimum atomic E-state index is -0.222. The van der Waals surface area contributed by atoms with Gasteiger partial charge in [-0.1, -0.05) is 58.9 Å². The second-order valence-electron chi connectivity index (χ2n) is 7.93. The second-order valence-corrected chi connectivity index (χ2v) is 7.93. The average molecular weight is 352 g/mol. The van der Waals surface area contributed by atoms with Gasteiger partial charge in [-0.05, 0) is 41.2 Å². The van der Waals surface area contributed by atoms with E-state index < -0.39 is 0 Å². The van der Waals surface area contributed by atoms with Gasteiger partial charge in [0.1, 0.15) is 0 Å². The largest absolute Gasteiger partial charge is 0.352 e. The van der Waals surface area contributed by atoms with Crippen molar-refractivity contribution in [3.63, 3.8) is 0 Å². The van der Waals surface area contributed by atoms with Crippen LogP contribution in [-0.2, 0) is 5.41 Å². The summed E-state index contributed by atoms with van der Waals surface area (Å²) >= 11 is 0. The van der Waals surface area contributed by atoms with E-state index in [1.807, 2.05) is 38.1 Å². The third-order valence-corrected chi connectivity index (χ3v) is 4.04. The van der Waals surface area contributed by atoms with Gasteiger partial charge in [-0.25, -0.2) is 0 Å². The van der Waals surface area contributed by atoms with Crippen molar-refractivity contribution < 1.29 is 9.59 Å². The van der Waals surface area contributed by atoms with Crippen LogP contribution in [0.1, 0.15) is 60.9 Å². The molecular formula is C22H28N2O2. The Balaban J connectivity index is 2.19. The Kier molecular flexibility index (Phi) is 6.19. The van der Waals surface area contributed by atoms with E-state index in [4.69, 9.17) is 0 Å². The molecule has 26 heavy (non-hydrogen) atoms.